The van der Waals surface area contributed by atoms with Crippen LogP contribution < -0.4 is 15.5 Å². The van der Waals surface area contributed by atoms with E-state index in [-0.39, 0.29) is 29.5 Å². The fourth-order valence-corrected chi connectivity index (χ4v) is 4.57. The van der Waals surface area contributed by atoms with E-state index in [0.717, 1.165) is 71.4 Å². The maximum absolute atomic E-state index is 5.48. The summed E-state index contributed by atoms with van der Waals surface area (Å²) in [7, 11) is 0. The molecule has 2 fully saturated rings. The molecule has 2 aliphatic rings. The summed E-state index contributed by atoms with van der Waals surface area (Å²) in [5.41, 5.74) is 1.20. The lowest BCUT2D eigenvalue weighted by molar-refractivity contribution is -0.00683. The van der Waals surface area contributed by atoms with E-state index in [9.17, 15) is 0 Å². The number of guanidine groups is 1. The van der Waals surface area contributed by atoms with E-state index in [2.05, 4.69) is 46.6 Å². The molecular formula is C20H37IN6OS. The van der Waals surface area contributed by atoms with Gasteiger partial charge in [0.25, 0.3) is 0 Å². The second kappa shape index (κ2) is 12.3. The van der Waals surface area contributed by atoms with Gasteiger partial charge in [0.05, 0.1) is 25.5 Å². The number of nitrogens with zero attached hydrogens (tertiary/aromatic N) is 4. The Labute approximate surface area is 196 Å². The van der Waals surface area contributed by atoms with Crippen LogP contribution in [0.25, 0.3) is 0 Å². The Bertz CT molecular complexity index is 626. The average Bonchev–Trinajstić information content (AvgIpc) is 3.39. The van der Waals surface area contributed by atoms with Crippen LogP contribution in [0.2, 0.25) is 0 Å². The number of halogens is 1. The molecule has 3 heterocycles. The second-order valence-corrected chi connectivity index (χ2v) is 8.94. The number of anilines is 1. The summed E-state index contributed by atoms with van der Waals surface area (Å²) in [6.07, 6.45) is 3.50. The van der Waals surface area contributed by atoms with E-state index in [0.29, 0.717) is 0 Å². The number of hydrogen-bond donors (Lipinski definition) is 2. The molecule has 7 nitrogen and oxygen atoms in total. The molecule has 3 rings (SSSR count). The fourth-order valence-electron chi connectivity index (χ4n) is 3.66. The van der Waals surface area contributed by atoms with Gasteiger partial charge in [0.1, 0.15) is 0 Å². The van der Waals surface area contributed by atoms with Crippen molar-refractivity contribution in [2.24, 2.45) is 4.99 Å². The third-order valence-corrected chi connectivity index (χ3v) is 6.38. The van der Waals surface area contributed by atoms with Crippen molar-refractivity contribution >= 4 is 46.4 Å². The number of aromatic nitrogens is 1. The molecule has 29 heavy (non-hydrogen) atoms. The van der Waals surface area contributed by atoms with Gasteiger partial charge in [-0.05, 0) is 33.6 Å². The first-order chi connectivity index (χ1) is 13.6. The summed E-state index contributed by atoms with van der Waals surface area (Å²) < 4.78 is 5.48. The van der Waals surface area contributed by atoms with Crippen molar-refractivity contribution in [3.05, 3.63) is 11.1 Å². The predicted molar refractivity (Wildman–Crippen MR) is 133 cm³/mol. The summed E-state index contributed by atoms with van der Waals surface area (Å²) in [5.74, 6) is 0.888. The minimum Gasteiger partial charge on any atom is -0.379 e. The predicted octanol–water partition coefficient (Wildman–Crippen LogP) is 2.57. The molecule has 2 saturated heterocycles. The number of rotatable bonds is 8. The third kappa shape index (κ3) is 7.52. The Kier molecular flexibility index (Phi) is 10.4. The molecule has 1 aromatic heterocycles. The van der Waals surface area contributed by atoms with Crippen molar-refractivity contribution in [3.63, 3.8) is 0 Å². The SMILES string of the molecule is CCNC(=NCC(C)(C)N1CCOCC1)NCCc1csc(N2CCCC2)n1.I. The molecule has 1 aromatic rings. The number of morpholine rings is 1. The lowest BCUT2D eigenvalue weighted by atomic mass is 10.0. The largest absolute Gasteiger partial charge is 0.379 e. The van der Waals surface area contributed by atoms with E-state index < -0.39 is 0 Å². The van der Waals surface area contributed by atoms with Crippen LogP contribution in [0.5, 0.6) is 0 Å². The van der Waals surface area contributed by atoms with Crippen molar-refractivity contribution in [1.82, 2.24) is 20.5 Å². The van der Waals surface area contributed by atoms with Crippen molar-refractivity contribution in [1.29, 1.82) is 0 Å². The first kappa shape index (κ1) is 24.6. The van der Waals surface area contributed by atoms with E-state index >= 15 is 0 Å². The van der Waals surface area contributed by atoms with E-state index in [1.807, 2.05) is 0 Å². The number of nitrogens with one attached hydrogen (secondary N) is 2. The van der Waals surface area contributed by atoms with Crippen molar-refractivity contribution in [3.8, 4) is 0 Å². The minimum absolute atomic E-state index is 0. The Balaban J connectivity index is 0.00000300. The standard InChI is InChI=1S/C20H36N6OS.HI/c1-4-21-18(23-16-20(2,3)26-11-13-27-14-12-26)22-8-7-17-15-28-19(24-17)25-9-5-6-10-25;/h15H,4-14,16H2,1-3H3,(H2,21,22,23);1H. The molecule has 2 N–H and O–H groups in total. The summed E-state index contributed by atoms with van der Waals surface area (Å²) in [6.45, 7) is 15.0. The zero-order valence-electron chi connectivity index (χ0n) is 18.1. The highest BCUT2D eigenvalue weighted by molar-refractivity contribution is 14.0. The van der Waals surface area contributed by atoms with Gasteiger partial charge in [0, 0.05) is 56.6 Å². The molecule has 0 bridgehead atoms. The molecule has 0 spiro atoms. The van der Waals surface area contributed by atoms with Crippen LogP contribution in [0, 0.1) is 0 Å². The summed E-state index contributed by atoms with van der Waals surface area (Å²) in [4.78, 5) is 14.5. The highest BCUT2D eigenvalue weighted by Crippen LogP contribution is 2.24. The van der Waals surface area contributed by atoms with Crippen molar-refractivity contribution in [2.45, 2.75) is 45.6 Å². The van der Waals surface area contributed by atoms with Crippen LogP contribution in [0.1, 0.15) is 39.3 Å². The molecule has 166 valence electrons. The number of hydrogen-bond acceptors (Lipinski definition) is 6. The molecule has 0 saturated carbocycles. The second-order valence-electron chi connectivity index (χ2n) is 8.10. The normalized spacial score (nSPS) is 18.6. The van der Waals surface area contributed by atoms with Crippen molar-refractivity contribution < 1.29 is 4.74 Å². The van der Waals surface area contributed by atoms with Crippen molar-refractivity contribution in [2.75, 3.05) is 63.9 Å². The van der Waals surface area contributed by atoms with Crippen LogP contribution >= 0.6 is 35.3 Å². The summed E-state index contributed by atoms with van der Waals surface area (Å²) in [5, 5.41) is 10.2. The van der Waals surface area contributed by atoms with Gasteiger partial charge in [0.15, 0.2) is 11.1 Å². The molecule has 0 aromatic carbocycles. The lowest BCUT2D eigenvalue weighted by Gasteiger charge is -2.39. The maximum Gasteiger partial charge on any atom is 0.191 e. The molecule has 0 amide bonds. The monoisotopic (exact) mass is 536 g/mol. The van der Waals surface area contributed by atoms with E-state index in [4.69, 9.17) is 14.7 Å². The van der Waals surface area contributed by atoms with Gasteiger partial charge in [0.2, 0.25) is 0 Å². The first-order valence-corrected chi connectivity index (χ1v) is 11.5. The van der Waals surface area contributed by atoms with Gasteiger partial charge in [-0.2, -0.15) is 0 Å². The highest BCUT2D eigenvalue weighted by atomic mass is 127. The Morgan fingerprint density at radius 2 is 1.93 bits per heavy atom. The number of thiazole rings is 1. The van der Waals surface area contributed by atoms with Crippen LogP contribution in [0.4, 0.5) is 5.13 Å². The van der Waals surface area contributed by atoms with Gasteiger partial charge in [-0.25, -0.2) is 4.98 Å². The van der Waals surface area contributed by atoms with Crippen LogP contribution in [0.15, 0.2) is 10.4 Å². The van der Waals surface area contributed by atoms with Gasteiger partial charge in [-0.1, -0.05) is 0 Å². The molecule has 2 aliphatic heterocycles. The molecule has 9 heteroatoms. The Morgan fingerprint density at radius 3 is 2.62 bits per heavy atom. The number of ether oxygens (including phenoxy) is 1. The number of aliphatic imine (C=N–C) groups is 1. The maximum atomic E-state index is 5.48. The molecule has 0 radical (unpaired) electrons. The van der Waals surface area contributed by atoms with Crippen LogP contribution in [0.3, 0.4) is 0 Å². The smallest absolute Gasteiger partial charge is 0.191 e. The zero-order valence-corrected chi connectivity index (χ0v) is 21.2. The van der Waals surface area contributed by atoms with E-state index in [1.165, 1.54) is 23.7 Å². The molecule has 0 aliphatic carbocycles. The van der Waals surface area contributed by atoms with Gasteiger partial charge >= 0.3 is 0 Å². The Morgan fingerprint density at radius 1 is 1.21 bits per heavy atom. The lowest BCUT2D eigenvalue weighted by Crippen LogP contribution is -2.52. The van der Waals surface area contributed by atoms with Crippen LogP contribution in [-0.2, 0) is 11.2 Å². The Hall–Kier alpha value is -0.650. The highest BCUT2D eigenvalue weighted by Gasteiger charge is 2.28. The quantitative estimate of drug-likeness (QED) is 0.303. The molecule has 0 atom stereocenters. The molecular weight excluding hydrogens is 499 g/mol. The summed E-state index contributed by atoms with van der Waals surface area (Å²) in [6, 6.07) is 0. The van der Waals surface area contributed by atoms with Crippen LogP contribution in [-0.4, -0.2) is 80.4 Å². The van der Waals surface area contributed by atoms with E-state index in [1.54, 1.807) is 11.3 Å². The fraction of sp³-hybridized carbons (Fsp3) is 0.800. The minimum atomic E-state index is 0. The molecule has 0 unspecified atom stereocenters. The summed E-state index contributed by atoms with van der Waals surface area (Å²) >= 11 is 1.77. The third-order valence-electron chi connectivity index (χ3n) is 5.43. The zero-order chi connectivity index (χ0) is 19.8. The first-order valence-electron chi connectivity index (χ1n) is 10.6. The van der Waals surface area contributed by atoms with Gasteiger partial charge in [-0.3, -0.25) is 9.89 Å². The van der Waals surface area contributed by atoms with Gasteiger partial charge < -0.3 is 20.3 Å². The topological polar surface area (TPSA) is 65.0 Å². The van der Waals surface area contributed by atoms with Gasteiger partial charge in [-0.15, -0.1) is 35.3 Å². The average molecular weight is 537 g/mol.